The predicted octanol–water partition coefficient (Wildman–Crippen LogP) is 21.9. The van der Waals surface area contributed by atoms with Gasteiger partial charge >= 0.3 is 39.5 Å². The van der Waals surface area contributed by atoms with Gasteiger partial charge in [-0.1, -0.05) is 337 Å². The molecule has 0 fully saturated rings. The average Bonchev–Trinajstić information content (AvgIpc) is 1.24. The van der Waals surface area contributed by atoms with Crippen molar-refractivity contribution < 1.29 is 80.2 Å². The van der Waals surface area contributed by atoms with Crippen LogP contribution in [0.4, 0.5) is 0 Å². The normalized spacial score (nSPS) is 14.3. The second-order valence-electron chi connectivity index (χ2n) is 27.8. The van der Waals surface area contributed by atoms with E-state index in [9.17, 15) is 43.2 Å². The van der Waals surface area contributed by atoms with E-state index in [2.05, 4.69) is 41.5 Å². The van der Waals surface area contributed by atoms with Crippen molar-refractivity contribution in [2.24, 2.45) is 11.8 Å². The molecule has 0 aliphatic carbocycles. The molecule has 0 aliphatic rings. The van der Waals surface area contributed by atoms with Crippen molar-refractivity contribution in [3.05, 3.63) is 0 Å². The van der Waals surface area contributed by atoms with Crippen molar-refractivity contribution in [1.29, 1.82) is 0 Å². The minimum Gasteiger partial charge on any atom is -0.462 e. The Bertz CT molecular complexity index is 1820. The third-order valence-electron chi connectivity index (χ3n) is 17.8. The quantitative estimate of drug-likeness (QED) is 0.0222. The monoisotopic (exact) mass is 1380 g/mol. The molecule has 0 radical (unpaired) electrons. The lowest BCUT2D eigenvalue weighted by molar-refractivity contribution is -0.161. The summed E-state index contributed by atoms with van der Waals surface area (Å²) in [6.45, 7) is 9.61. The van der Waals surface area contributed by atoms with Crippen LogP contribution in [-0.4, -0.2) is 96.7 Å². The largest absolute Gasteiger partial charge is 0.472 e. The number of hydrogen-bond donors (Lipinski definition) is 3. The molecule has 6 atom stereocenters. The summed E-state index contributed by atoms with van der Waals surface area (Å²) in [4.78, 5) is 72.6. The zero-order chi connectivity index (χ0) is 69.3. The predicted molar refractivity (Wildman–Crippen MR) is 381 cm³/mol. The molecule has 0 aromatic heterocycles. The van der Waals surface area contributed by atoms with Gasteiger partial charge in [0.05, 0.1) is 26.4 Å². The van der Waals surface area contributed by atoms with Crippen molar-refractivity contribution in [2.75, 3.05) is 39.6 Å². The first kappa shape index (κ1) is 92.1. The van der Waals surface area contributed by atoms with Crippen molar-refractivity contribution in [3.8, 4) is 0 Å². The summed E-state index contributed by atoms with van der Waals surface area (Å²) in [6, 6.07) is 0. The van der Waals surface area contributed by atoms with E-state index in [1.807, 2.05) is 0 Å². The molecule has 0 aromatic carbocycles. The molecular weight excluding hydrogens is 1230 g/mol. The number of esters is 4. The maximum absolute atomic E-state index is 13.1. The summed E-state index contributed by atoms with van der Waals surface area (Å²) in [6.07, 6.45) is 54.1. The second-order valence-corrected chi connectivity index (χ2v) is 30.7. The molecule has 0 bridgehead atoms. The molecule has 0 spiro atoms. The van der Waals surface area contributed by atoms with E-state index >= 15 is 0 Å². The van der Waals surface area contributed by atoms with Crippen molar-refractivity contribution >= 4 is 39.5 Å². The van der Waals surface area contributed by atoms with Gasteiger partial charge in [0.2, 0.25) is 0 Å². The molecule has 0 aromatic rings. The fraction of sp³-hybridized carbons (Fsp3) is 0.947. The van der Waals surface area contributed by atoms with Crippen LogP contribution in [0.1, 0.15) is 388 Å². The van der Waals surface area contributed by atoms with Crippen LogP contribution in [-0.2, 0) is 65.4 Å². The minimum atomic E-state index is -4.96. The first-order chi connectivity index (χ1) is 45.4. The standard InChI is InChI=1S/C75H146O17P2/c1-7-10-12-14-16-17-18-19-25-28-35-41-47-53-59-74(79)91-70(63-85-72(77)57-51-45-37-15-13-11-8-2)65-89-93(81,82)87-61-69(76)62-88-94(83,84)90-66-71(64-86-73(78)58-52-46-40-34-31-30-33-39-44-50-56-68(6)9-3)92-75(80)60-54-48-42-36-29-26-23-21-20-22-24-27-32-38-43-49-55-67(4)5/h67-71,76H,7-66H2,1-6H3,(H,81,82)(H,83,84)/t68?,69-,70+,71+/m0/s1. The van der Waals surface area contributed by atoms with E-state index in [0.29, 0.717) is 25.7 Å². The summed E-state index contributed by atoms with van der Waals surface area (Å²) in [5.74, 6) is -0.501. The van der Waals surface area contributed by atoms with Crippen LogP contribution in [0.25, 0.3) is 0 Å². The Balaban J connectivity index is 5.19. The lowest BCUT2D eigenvalue weighted by atomic mass is 9.99. The van der Waals surface area contributed by atoms with Crippen LogP contribution in [0.5, 0.6) is 0 Å². The highest BCUT2D eigenvalue weighted by Crippen LogP contribution is 2.45. The van der Waals surface area contributed by atoms with Crippen LogP contribution in [0.15, 0.2) is 0 Å². The lowest BCUT2D eigenvalue weighted by Gasteiger charge is -2.21. The maximum atomic E-state index is 13.1. The van der Waals surface area contributed by atoms with Gasteiger partial charge in [-0.25, -0.2) is 9.13 Å². The highest BCUT2D eigenvalue weighted by atomic mass is 31.2. The first-order valence-electron chi connectivity index (χ1n) is 39.0. The van der Waals surface area contributed by atoms with E-state index in [-0.39, 0.29) is 25.7 Å². The van der Waals surface area contributed by atoms with Crippen molar-refractivity contribution in [1.82, 2.24) is 0 Å². The number of carbonyl (C=O) groups excluding carboxylic acids is 4. The van der Waals surface area contributed by atoms with Gasteiger partial charge in [0.25, 0.3) is 0 Å². The molecule has 0 amide bonds. The summed E-state index contributed by atoms with van der Waals surface area (Å²) >= 11 is 0. The Labute approximate surface area is 575 Å². The van der Waals surface area contributed by atoms with Crippen molar-refractivity contribution in [3.63, 3.8) is 0 Å². The number of aliphatic hydroxyl groups is 1. The molecule has 19 heteroatoms. The first-order valence-corrected chi connectivity index (χ1v) is 42.0. The van der Waals surface area contributed by atoms with Crippen LogP contribution in [0.3, 0.4) is 0 Å². The van der Waals surface area contributed by atoms with Crippen LogP contribution < -0.4 is 0 Å². The Hall–Kier alpha value is -1.94. The highest BCUT2D eigenvalue weighted by Gasteiger charge is 2.30. The molecule has 0 saturated heterocycles. The molecule has 0 heterocycles. The Morgan fingerprint density at radius 1 is 0.309 bits per heavy atom. The van der Waals surface area contributed by atoms with Crippen LogP contribution >= 0.6 is 15.6 Å². The molecule has 0 aliphatic heterocycles. The third-order valence-corrected chi connectivity index (χ3v) is 19.7. The lowest BCUT2D eigenvalue weighted by Crippen LogP contribution is -2.30. The molecule has 0 rings (SSSR count). The van der Waals surface area contributed by atoms with E-state index in [1.165, 1.54) is 193 Å². The van der Waals surface area contributed by atoms with Gasteiger partial charge in [-0.15, -0.1) is 0 Å². The van der Waals surface area contributed by atoms with Crippen LogP contribution in [0.2, 0.25) is 0 Å². The zero-order valence-corrected chi connectivity index (χ0v) is 63.1. The molecule has 17 nitrogen and oxygen atoms in total. The summed E-state index contributed by atoms with van der Waals surface area (Å²) in [5.41, 5.74) is 0. The zero-order valence-electron chi connectivity index (χ0n) is 61.3. The third kappa shape index (κ3) is 67.3. The van der Waals surface area contributed by atoms with Gasteiger partial charge in [0.15, 0.2) is 12.2 Å². The molecule has 3 unspecified atom stereocenters. The smallest absolute Gasteiger partial charge is 0.462 e. The van der Waals surface area contributed by atoms with Crippen LogP contribution in [0, 0.1) is 11.8 Å². The number of phosphoric acid groups is 2. The number of ether oxygens (including phenoxy) is 4. The van der Waals surface area contributed by atoms with Gasteiger partial charge in [0.1, 0.15) is 19.3 Å². The number of unbranched alkanes of at least 4 members (excludes halogenated alkanes) is 43. The number of hydrogen-bond acceptors (Lipinski definition) is 15. The van der Waals surface area contributed by atoms with E-state index in [0.717, 1.165) is 115 Å². The average molecular weight is 1380 g/mol. The summed E-state index contributed by atoms with van der Waals surface area (Å²) in [7, 11) is -9.90. The number of carbonyl (C=O) groups is 4. The van der Waals surface area contributed by atoms with Gasteiger partial charge in [-0.2, -0.15) is 0 Å². The number of phosphoric ester groups is 2. The van der Waals surface area contributed by atoms with E-state index < -0.39 is 97.5 Å². The van der Waals surface area contributed by atoms with E-state index in [4.69, 9.17) is 37.0 Å². The summed E-state index contributed by atoms with van der Waals surface area (Å²) < 4.78 is 68.4. The molecule has 0 saturated carbocycles. The fourth-order valence-electron chi connectivity index (χ4n) is 11.4. The SMILES string of the molecule is CCCCCCCCCCCCCCCCC(=O)O[C@H](COC(=O)CCCCCCCCC)COP(=O)(O)OC[C@H](O)COP(=O)(O)OC[C@@H](COC(=O)CCCCCCCCCCCCC(C)CC)OC(=O)CCCCCCCCCCCCCCCCCCC(C)C. The molecule has 558 valence electrons. The highest BCUT2D eigenvalue weighted by molar-refractivity contribution is 7.47. The molecule has 3 N–H and O–H groups in total. The maximum Gasteiger partial charge on any atom is 0.472 e. The number of aliphatic hydroxyl groups excluding tert-OH is 1. The second kappa shape index (κ2) is 66.9. The van der Waals surface area contributed by atoms with Gasteiger partial charge in [0, 0.05) is 25.7 Å². The van der Waals surface area contributed by atoms with Gasteiger partial charge < -0.3 is 33.8 Å². The van der Waals surface area contributed by atoms with E-state index in [1.54, 1.807) is 0 Å². The topological polar surface area (TPSA) is 237 Å². The van der Waals surface area contributed by atoms with Crippen molar-refractivity contribution in [2.45, 2.75) is 407 Å². The fourth-order valence-corrected chi connectivity index (χ4v) is 13.0. The minimum absolute atomic E-state index is 0.108. The van der Waals surface area contributed by atoms with Gasteiger partial charge in [-0.05, 0) is 37.5 Å². The molecular formula is C75H146O17P2. The summed E-state index contributed by atoms with van der Waals surface area (Å²) in [5, 5.41) is 10.6. The Morgan fingerprint density at radius 2 is 0.543 bits per heavy atom. The molecule has 94 heavy (non-hydrogen) atoms. The Morgan fingerprint density at radius 3 is 0.809 bits per heavy atom. The number of rotatable bonds is 74. The Kier molecular flexibility index (Phi) is 65.5. The van der Waals surface area contributed by atoms with Gasteiger partial charge in [-0.3, -0.25) is 37.3 Å².